The van der Waals surface area contributed by atoms with Crippen molar-refractivity contribution in [3.8, 4) is 0 Å². The molecular weight excluding hydrogens is 230 g/mol. The highest BCUT2D eigenvalue weighted by Crippen LogP contribution is 2.47. The lowest BCUT2D eigenvalue weighted by Crippen LogP contribution is -2.27. The van der Waals surface area contributed by atoms with Crippen LogP contribution in [0, 0.1) is 11.3 Å². The van der Waals surface area contributed by atoms with Gasteiger partial charge in [0.25, 0.3) is 0 Å². The first kappa shape index (κ1) is 16.3. The van der Waals surface area contributed by atoms with Crippen LogP contribution in [0.4, 0.5) is 0 Å². The topological polar surface area (TPSA) is 12.0 Å². The molecule has 1 nitrogen and oxygen atoms in total. The van der Waals surface area contributed by atoms with Crippen LogP contribution in [0.2, 0.25) is 0 Å². The van der Waals surface area contributed by atoms with Crippen molar-refractivity contribution in [2.75, 3.05) is 7.05 Å². The largest absolute Gasteiger partial charge is 0.391 e. The third-order valence-corrected chi connectivity index (χ3v) is 5.53. The maximum Gasteiger partial charge on any atom is 0.0142 e. The third-order valence-electron chi connectivity index (χ3n) is 5.53. The Balaban J connectivity index is 3.45. The van der Waals surface area contributed by atoms with Crippen molar-refractivity contribution in [1.29, 1.82) is 0 Å². The van der Waals surface area contributed by atoms with E-state index in [1.165, 1.54) is 31.4 Å². The Hall–Kier alpha value is -0.720. The van der Waals surface area contributed by atoms with Gasteiger partial charge in [-0.05, 0) is 55.1 Å². The summed E-state index contributed by atoms with van der Waals surface area (Å²) in [6, 6.07) is 0. The van der Waals surface area contributed by atoms with Crippen LogP contribution < -0.4 is 5.32 Å². The van der Waals surface area contributed by atoms with Gasteiger partial charge in [0.05, 0.1) is 0 Å². The van der Waals surface area contributed by atoms with Crippen molar-refractivity contribution in [3.63, 3.8) is 0 Å². The van der Waals surface area contributed by atoms with Gasteiger partial charge in [-0.3, -0.25) is 0 Å². The summed E-state index contributed by atoms with van der Waals surface area (Å²) in [5.41, 5.74) is 6.71. The van der Waals surface area contributed by atoms with Crippen LogP contribution in [-0.4, -0.2) is 7.05 Å². The van der Waals surface area contributed by atoms with Crippen LogP contribution in [0.3, 0.4) is 0 Å². The number of nitrogens with one attached hydrogen (secondary N) is 1. The van der Waals surface area contributed by atoms with Crippen molar-refractivity contribution in [2.24, 2.45) is 11.3 Å². The van der Waals surface area contributed by atoms with Gasteiger partial charge >= 0.3 is 0 Å². The molecular formula is C18H33N. The maximum atomic E-state index is 3.49. The molecule has 0 spiro atoms. The lowest BCUT2D eigenvalue weighted by Gasteiger charge is -2.36. The standard InChI is InChI=1S/C18H33N/c1-8-11-16-14(5)18(6,10-3)13(4)12-17(19-7)15(16)9-2/h13,19H,8-12H2,1-7H3/t13?,18-/m0/s1. The Labute approximate surface area is 120 Å². The molecule has 0 amide bonds. The Morgan fingerprint density at radius 2 is 1.84 bits per heavy atom. The Bertz CT molecular complexity index is 375. The number of allylic oxidation sites excluding steroid dienone is 4. The quantitative estimate of drug-likeness (QED) is 0.696. The Kier molecular flexibility index (Phi) is 5.70. The van der Waals surface area contributed by atoms with Gasteiger partial charge in [-0.1, -0.05) is 46.6 Å². The normalized spacial score (nSPS) is 28.7. The average Bonchev–Trinajstić information content (AvgIpc) is 2.49. The fourth-order valence-electron chi connectivity index (χ4n) is 3.66. The molecule has 1 aliphatic rings. The SMILES string of the molecule is CCCC1=C(C)[C@@](C)(CC)C(C)CC(NC)=C1CC. The first-order valence-electron chi connectivity index (χ1n) is 8.06. The van der Waals surface area contributed by atoms with Gasteiger partial charge in [-0.15, -0.1) is 0 Å². The summed E-state index contributed by atoms with van der Waals surface area (Å²) in [5, 5.41) is 3.49. The van der Waals surface area contributed by atoms with Gasteiger partial charge in [0.2, 0.25) is 0 Å². The van der Waals surface area contributed by atoms with Crippen LogP contribution in [0.1, 0.15) is 73.6 Å². The van der Waals surface area contributed by atoms with Crippen molar-refractivity contribution in [1.82, 2.24) is 5.32 Å². The minimum absolute atomic E-state index is 0.351. The minimum Gasteiger partial charge on any atom is -0.391 e. The number of hydrogen-bond donors (Lipinski definition) is 1. The van der Waals surface area contributed by atoms with Gasteiger partial charge < -0.3 is 5.32 Å². The molecule has 0 saturated heterocycles. The molecule has 19 heavy (non-hydrogen) atoms. The minimum atomic E-state index is 0.351. The van der Waals surface area contributed by atoms with Crippen molar-refractivity contribution in [3.05, 3.63) is 22.4 Å². The monoisotopic (exact) mass is 263 g/mol. The molecule has 1 N–H and O–H groups in total. The first-order chi connectivity index (χ1) is 8.96. The second-order valence-electron chi connectivity index (χ2n) is 6.29. The van der Waals surface area contributed by atoms with Crippen LogP contribution in [0.25, 0.3) is 0 Å². The molecule has 1 heteroatoms. The highest BCUT2D eigenvalue weighted by atomic mass is 14.8. The second-order valence-corrected chi connectivity index (χ2v) is 6.29. The lowest BCUT2D eigenvalue weighted by molar-refractivity contribution is 0.243. The van der Waals surface area contributed by atoms with Crippen molar-refractivity contribution in [2.45, 2.75) is 73.6 Å². The molecule has 0 aromatic heterocycles. The molecule has 2 atom stereocenters. The van der Waals surface area contributed by atoms with Gasteiger partial charge in [0.15, 0.2) is 0 Å². The summed E-state index contributed by atoms with van der Waals surface area (Å²) in [5.74, 6) is 0.704. The molecule has 0 saturated carbocycles. The van der Waals surface area contributed by atoms with E-state index in [-0.39, 0.29) is 0 Å². The molecule has 0 heterocycles. The van der Waals surface area contributed by atoms with E-state index in [4.69, 9.17) is 0 Å². The van der Waals surface area contributed by atoms with Crippen LogP contribution in [-0.2, 0) is 0 Å². The maximum absolute atomic E-state index is 3.49. The van der Waals surface area contributed by atoms with Crippen molar-refractivity contribution < 1.29 is 0 Å². The smallest absolute Gasteiger partial charge is 0.0142 e. The highest BCUT2D eigenvalue weighted by Gasteiger charge is 2.36. The molecule has 0 aromatic carbocycles. The van der Waals surface area contributed by atoms with Gasteiger partial charge in [-0.2, -0.15) is 0 Å². The summed E-state index contributed by atoms with van der Waals surface area (Å²) in [6.45, 7) is 14.2. The van der Waals surface area contributed by atoms with E-state index in [1.807, 2.05) is 0 Å². The molecule has 0 aromatic rings. The predicted octanol–water partition coefficient (Wildman–Crippen LogP) is 5.44. The lowest BCUT2D eigenvalue weighted by atomic mass is 9.68. The van der Waals surface area contributed by atoms with Crippen molar-refractivity contribution >= 4 is 0 Å². The number of hydrogen-bond acceptors (Lipinski definition) is 1. The highest BCUT2D eigenvalue weighted by molar-refractivity contribution is 5.42. The zero-order chi connectivity index (χ0) is 14.6. The summed E-state index contributed by atoms with van der Waals surface area (Å²) in [4.78, 5) is 0. The molecule has 1 aliphatic carbocycles. The Morgan fingerprint density at radius 3 is 2.26 bits per heavy atom. The van der Waals surface area contributed by atoms with Crippen LogP contribution >= 0.6 is 0 Å². The van der Waals surface area contributed by atoms with E-state index in [0.29, 0.717) is 11.3 Å². The zero-order valence-electron chi connectivity index (χ0n) is 14.1. The van der Waals surface area contributed by atoms with Gasteiger partial charge in [0, 0.05) is 12.7 Å². The predicted molar refractivity (Wildman–Crippen MR) is 86.2 cm³/mol. The molecule has 1 unspecified atom stereocenters. The third kappa shape index (κ3) is 2.90. The van der Waals surface area contributed by atoms with E-state index in [1.54, 1.807) is 16.7 Å². The fraction of sp³-hybridized carbons (Fsp3) is 0.778. The first-order valence-corrected chi connectivity index (χ1v) is 8.06. The summed E-state index contributed by atoms with van der Waals surface area (Å²) >= 11 is 0. The van der Waals surface area contributed by atoms with Gasteiger partial charge in [0.1, 0.15) is 0 Å². The van der Waals surface area contributed by atoms with E-state index < -0.39 is 0 Å². The summed E-state index contributed by atoms with van der Waals surface area (Å²) in [7, 11) is 2.09. The van der Waals surface area contributed by atoms with Crippen LogP contribution in [0.15, 0.2) is 22.4 Å². The molecule has 1 rings (SSSR count). The van der Waals surface area contributed by atoms with E-state index >= 15 is 0 Å². The molecule has 110 valence electrons. The van der Waals surface area contributed by atoms with Gasteiger partial charge in [-0.25, -0.2) is 0 Å². The Morgan fingerprint density at radius 1 is 1.21 bits per heavy atom. The fourth-order valence-corrected chi connectivity index (χ4v) is 3.66. The van der Waals surface area contributed by atoms with E-state index in [9.17, 15) is 0 Å². The summed E-state index contributed by atoms with van der Waals surface area (Å²) in [6.07, 6.45) is 6.04. The van der Waals surface area contributed by atoms with Crippen LogP contribution in [0.5, 0.6) is 0 Å². The molecule has 0 radical (unpaired) electrons. The number of rotatable bonds is 5. The second kappa shape index (κ2) is 6.63. The van der Waals surface area contributed by atoms with E-state index in [2.05, 4.69) is 53.9 Å². The molecule has 0 fully saturated rings. The zero-order valence-corrected chi connectivity index (χ0v) is 14.1. The summed E-state index contributed by atoms with van der Waals surface area (Å²) < 4.78 is 0. The van der Waals surface area contributed by atoms with E-state index in [0.717, 1.165) is 6.42 Å². The molecule has 0 bridgehead atoms. The average molecular weight is 263 g/mol. The molecule has 0 aliphatic heterocycles.